The quantitative estimate of drug-likeness (QED) is 0.721. The fourth-order valence-electron chi connectivity index (χ4n) is 3.42. The number of amides is 1. The lowest BCUT2D eigenvalue weighted by molar-refractivity contribution is 0.0746. The van der Waals surface area contributed by atoms with Gasteiger partial charge in [-0.1, -0.05) is 36.4 Å². The van der Waals surface area contributed by atoms with Gasteiger partial charge in [0.1, 0.15) is 5.82 Å². The van der Waals surface area contributed by atoms with Crippen LogP contribution in [0.2, 0.25) is 0 Å². The van der Waals surface area contributed by atoms with Crippen LogP contribution in [0.4, 0.5) is 5.82 Å². The second kappa shape index (κ2) is 6.55. The molecule has 1 aliphatic rings. The third-order valence-corrected chi connectivity index (χ3v) is 4.77. The molecular weight excluding hydrogens is 310 g/mol. The summed E-state index contributed by atoms with van der Waals surface area (Å²) in [5, 5.41) is 1.17. The molecule has 4 rings (SSSR count). The Bertz CT molecular complexity index is 899. The summed E-state index contributed by atoms with van der Waals surface area (Å²) >= 11 is 0. The highest BCUT2D eigenvalue weighted by Crippen LogP contribution is 2.24. The first-order chi connectivity index (χ1) is 12.2. The van der Waals surface area contributed by atoms with Crippen LogP contribution in [0.3, 0.4) is 0 Å². The molecule has 0 aliphatic carbocycles. The van der Waals surface area contributed by atoms with Crippen molar-refractivity contribution in [2.45, 2.75) is 6.92 Å². The van der Waals surface area contributed by atoms with Crippen LogP contribution in [-0.4, -0.2) is 42.0 Å². The lowest BCUT2D eigenvalue weighted by atomic mass is 10.1. The molecule has 0 saturated carbocycles. The molecule has 0 radical (unpaired) electrons. The van der Waals surface area contributed by atoms with Crippen molar-refractivity contribution in [2.24, 2.45) is 0 Å². The zero-order valence-electron chi connectivity index (χ0n) is 14.4. The van der Waals surface area contributed by atoms with Crippen LogP contribution in [0, 0.1) is 6.92 Å². The molecule has 0 N–H and O–H groups in total. The summed E-state index contributed by atoms with van der Waals surface area (Å²) in [6, 6.07) is 19.9. The molecule has 126 valence electrons. The largest absolute Gasteiger partial charge is 0.353 e. The van der Waals surface area contributed by atoms with E-state index in [2.05, 4.69) is 24.0 Å². The number of hydrogen-bond donors (Lipinski definition) is 0. The number of rotatable bonds is 2. The number of carbonyl (C=O) groups is 1. The first-order valence-electron chi connectivity index (χ1n) is 8.68. The number of hydrogen-bond acceptors (Lipinski definition) is 3. The van der Waals surface area contributed by atoms with Gasteiger partial charge in [-0.25, -0.2) is 4.98 Å². The normalized spacial score (nSPS) is 14.8. The van der Waals surface area contributed by atoms with Crippen molar-refractivity contribution in [2.75, 3.05) is 31.1 Å². The molecule has 4 nitrogen and oxygen atoms in total. The number of para-hydroxylation sites is 1. The molecule has 2 aromatic carbocycles. The summed E-state index contributed by atoms with van der Waals surface area (Å²) in [7, 11) is 0. The van der Waals surface area contributed by atoms with Crippen LogP contribution in [0.1, 0.15) is 15.9 Å². The Hall–Kier alpha value is -2.88. The Labute approximate surface area is 147 Å². The Kier molecular flexibility index (Phi) is 4.10. The van der Waals surface area contributed by atoms with Gasteiger partial charge in [0.05, 0.1) is 5.52 Å². The number of carbonyl (C=O) groups excluding carboxylic acids is 1. The van der Waals surface area contributed by atoms with Crippen molar-refractivity contribution in [1.82, 2.24) is 9.88 Å². The number of fused-ring (bicyclic) bond motifs is 1. The van der Waals surface area contributed by atoms with Gasteiger partial charge in [0.15, 0.2) is 0 Å². The smallest absolute Gasteiger partial charge is 0.253 e. The lowest BCUT2D eigenvalue weighted by Crippen LogP contribution is -2.49. The number of aromatic nitrogens is 1. The third kappa shape index (κ3) is 3.07. The van der Waals surface area contributed by atoms with E-state index in [0.717, 1.165) is 43.1 Å². The van der Waals surface area contributed by atoms with Crippen LogP contribution < -0.4 is 4.90 Å². The summed E-state index contributed by atoms with van der Waals surface area (Å²) in [5.41, 5.74) is 2.96. The van der Waals surface area contributed by atoms with Gasteiger partial charge in [0.25, 0.3) is 5.91 Å². The highest BCUT2D eigenvalue weighted by atomic mass is 16.2. The van der Waals surface area contributed by atoms with E-state index < -0.39 is 0 Å². The van der Waals surface area contributed by atoms with Crippen LogP contribution in [-0.2, 0) is 0 Å². The molecule has 1 amide bonds. The van der Waals surface area contributed by atoms with Gasteiger partial charge in [-0.05, 0) is 36.8 Å². The number of pyridine rings is 1. The molecule has 1 aliphatic heterocycles. The van der Waals surface area contributed by atoms with Crippen molar-refractivity contribution in [3.05, 3.63) is 71.8 Å². The minimum atomic E-state index is 0.114. The average molecular weight is 331 g/mol. The molecule has 0 unspecified atom stereocenters. The molecule has 1 fully saturated rings. The summed E-state index contributed by atoms with van der Waals surface area (Å²) in [6.07, 6.45) is 0. The molecule has 1 saturated heterocycles. The SMILES string of the molecule is Cc1cc2ccccc2nc1N1CCN(C(=O)c2ccccc2)CC1. The highest BCUT2D eigenvalue weighted by molar-refractivity contribution is 5.94. The Morgan fingerprint density at radius 1 is 0.920 bits per heavy atom. The Balaban J connectivity index is 1.50. The zero-order valence-corrected chi connectivity index (χ0v) is 14.4. The van der Waals surface area contributed by atoms with E-state index in [9.17, 15) is 4.79 Å². The van der Waals surface area contributed by atoms with E-state index in [1.165, 1.54) is 10.9 Å². The topological polar surface area (TPSA) is 36.4 Å². The molecule has 25 heavy (non-hydrogen) atoms. The summed E-state index contributed by atoms with van der Waals surface area (Å²) in [4.78, 5) is 21.6. The van der Waals surface area contributed by atoms with Crippen molar-refractivity contribution < 1.29 is 4.79 Å². The molecule has 2 heterocycles. The average Bonchev–Trinajstić information content (AvgIpc) is 2.68. The van der Waals surface area contributed by atoms with Crippen LogP contribution in [0.25, 0.3) is 10.9 Å². The summed E-state index contributed by atoms with van der Waals surface area (Å²) < 4.78 is 0. The lowest BCUT2D eigenvalue weighted by Gasteiger charge is -2.36. The predicted molar refractivity (Wildman–Crippen MR) is 101 cm³/mol. The monoisotopic (exact) mass is 331 g/mol. The van der Waals surface area contributed by atoms with Gasteiger partial charge in [-0.15, -0.1) is 0 Å². The van der Waals surface area contributed by atoms with Crippen LogP contribution >= 0.6 is 0 Å². The molecule has 0 bridgehead atoms. The molecule has 0 spiro atoms. The second-order valence-corrected chi connectivity index (χ2v) is 6.47. The molecule has 3 aromatic rings. The van der Waals surface area contributed by atoms with E-state index in [4.69, 9.17) is 4.98 Å². The number of piperazine rings is 1. The first-order valence-corrected chi connectivity index (χ1v) is 8.68. The predicted octanol–water partition coefficient (Wildman–Crippen LogP) is 3.51. The van der Waals surface area contributed by atoms with Gasteiger partial charge in [-0.3, -0.25) is 4.79 Å². The Morgan fingerprint density at radius 2 is 1.60 bits per heavy atom. The van der Waals surface area contributed by atoms with E-state index in [0.29, 0.717) is 0 Å². The van der Waals surface area contributed by atoms with Crippen molar-refractivity contribution >= 4 is 22.6 Å². The first kappa shape index (κ1) is 15.6. The maximum atomic E-state index is 12.6. The summed E-state index contributed by atoms with van der Waals surface area (Å²) in [5.74, 6) is 1.15. The van der Waals surface area contributed by atoms with Gasteiger partial charge >= 0.3 is 0 Å². The van der Waals surface area contributed by atoms with Gasteiger partial charge in [0.2, 0.25) is 0 Å². The third-order valence-electron chi connectivity index (χ3n) is 4.77. The van der Waals surface area contributed by atoms with Crippen molar-refractivity contribution in [1.29, 1.82) is 0 Å². The molecule has 0 atom stereocenters. The number of anilines is 1. The van der Waals surface area contributed by atoms with Crippen molar-refractivity contribution in [3.8, 4) is 0 Å². The van der Waals surface area contributed by atoms with Gasteiger partial charge in [-0.2, -0.15) is 0 Å². The summed E-state index contributed by atoms with van der Waals surface area (Å²) in [6.45, 7) is 5.18. The highest BCUT2D eigenvalue weighted by Gasteiger charge is 2.23. The van der Waals surface area contributed by atoms with Crippen molar-refractivity contribution in [3.63, 3.8) is 0 Å². The van der Waals surface area contributed by atoms with E-state index in [1.54, 1.807) is 0 Å². The second-order valence-electron chi connectivity index (χ2n) is 6.47. The molecular formula is C21H21N3O. The fourth-order valence-corrected chi connectivity index (χ4v) is 3.42. The molecule has 1 aromatic heterocycles. The minimum Gasteiger partial charge on any atom is -0.353 e. The fraction of sp³-hybridized carbons (Fsp3) is 0.238. The van der Waals surface area contributed by atoms with Gasteiger partial charge in [0, 0.05) is 37.1 Å². The minimum absolute atomic E-state index is 0.114. The van der Waals surface area contributed by atoms with Crippen LogP contribution in [0.15, 0.2) is 60.7 Å². The number of nitrogens with zero attached hydrogens (tertiary/aromatic N) is 3. The number of aryl methyl sites for hydroxylation is 1. The molecule has 4 heteroatoms. The zero-order chi connectivity index (χ0) is 17.2. The van der Waals surface area contributed by atoms with E-state index >= 15 is 0 Å². The maximum absolute atomic E-state index is 12.6. The van der Waals surface area contributed by atoms with E-state index in [1.807, 2.05) is 53.4 Å². The number of benzene rings is 2. The van der Waals surface area contributed by atoms with Crippen LogP contribution in [0.5, 0.6) is 0 Å². The standard InChI is InChI=1S/C21H21N3O/c1-16-15-18-9-5-6-10-19(18)22-20(16)23-11-13-24(14-12-23)21(25)17-7-3-2-4-8-17/h2-10,15H,11-14H2,1H3. The van der Waals surface area contributed by atoms with Gasteiger partial charge < -0.3 is 9.80 Å². The van der Waals surface area contributed by atoms with E-state index in [-0.39, 0.29) is 5.91 Å². The maximum Gasteiger partial charge on any atom is 0.253 e. The Morgan fingerprint density at radius 3 is 2.36 bits per heavy atom.